The molecule has 0 spiro atoms. The van der Waals surface area contributed by atoms with E-state index in [0.29, 0.717) is 10.1 Å². The first-order valence-corrected chi connectivity index (χ1v) is 6.87. The number of hydrogen-bond acceptors (Lipinski definition) is 6. The van der Waals surface area contributed by atoms with Gasteiger partial charge in [-0.25, -0.2) is 13.2 Å². The Hall–Kier alpha value is -0.960. The Morgan fingerprint density at radius 3 is 1.89 bits per heavy atom. The van der Waals surface area contributed by atoms with Gasteiger partial charge in [0.05, 0.1) is 28.3 Å². The lowest BCUT2D eigenvalue weighted by atomic mass is 10.3. The van der Waals surface area contributed by atoms with Gasteiger partial charge in [-0.15, -0.1) is 0 Å². The highest BCUT2D eigenvalue weighted by Crippen LogP contribution is 2.10. The van der Waals surface area contributed by atoms with E-state index in [1.807, 2.05) is 28.1 Å². The Bertz CT molecular complexity index is 396. The Labute approximate surface area is 115 Å². The lowest BCUT2D eigenvalue weighted by molar-refractivity contribution is -0.916. The van der Waals surface area contributed by atoms with Crippen molar-refractivity contribution in [1.82, 2.24) is 0 Å². The molecule has 0 bridgehead atoms. The standard InChI is InChI=1S/C10H20NO2.CH4O4S/c1-7-9(11(4,5)6)13-10(12)8(2)3;1-5-6(2,3)4/h9H,2,7H2,1,3-6H3;1H3,(H,2,3,4)/q+1;/p-1. The molecule has 0 aliphatic carbocycles. The van der Waals surface area contributed by atoms with Gasteiger partial charge in [0.2, 0.25) is 16.6 Å². The molecule has 114 valence electrons. The molecule has 1 unspecified atom stereocenters. The molecular weight excluding hydrogens is 274 g/mol. The fraction of sp³-hybridized carbons (Fsp3) is 0.727. The van der Waals surface area contributed by atoms with Gasteiger partial charge in [0.25, 0.3) is 0 Å². The number of hydrogen-bond donors (Lipinski definition) is 0. The maximum absolute atomic E-state index is 11.2. The fourth-order valence-corrected chi connectivity index (χ4v) is 1.01. The number of quaternary nitrogens is 1. The Balaban J connectivity index is 0. The Kier molecular flexibility index (Phi) is 8.85. The number of nitrogens with zero attached hydrogens (tertiary/aromatic N) is 1. The summed E-state index contributed by atoms with van der Waals surface area (Å²) in [6.45, 7) is 7.20. The highest BCUT2D eigenvalue weighted by atomic mass is 32.3. The lowest BCUT2D eigenvalue weighted by Gasteiger charge is -2.32. The zero-order valence-corrected chi connectivity index (χ0v) is 13.1. The summed E-state index contributed by atoms with van der Waals surface area (Å²) < 4.78 is 36.9. The maximum Gasteiger partial charge on any atom is 0.337 e. The van der Waals surface area contributed by atoms with Gasteiger partial charge < -0.3 is 9.29 Å². The Morgan fingerprint density at radius 2 is 1.74 bits per heavy atom. The normalized spacial score (nSPS) is 13.0. The molecule has 0 aliphatic heterocycles. The molecule has 0 aromatic heterocycles. The van der Waals surface area contributed by atoms with Gasteiger partial charge in [-0.2, -0.15) is 0 Å². The SMILES string of the molecule is C=C(C)C(=O)OC(CC)[N+](C)(C)C.COS(=O)(=O)[O-]. The highest BCUT2D eigenvalue weighted by Gasteiger charge is 2.25. The van der Waals surface area contributed by atoms with E-state index in [1.54, 1.807) is 6.92 Å². The summed E-state index contributed by atoms with van der Waals surface area (Å²) >= 11 is 0. The van der Waals surface area contributed by atoms with E-state index < -0.39 is 10.4 Å². The predicted molar refractivity (Wildman–Crippen MR) is 69.7 cm³/mol. The molecule has 0 aliphatic rings. The molecule has 0 fully saturated rings. The van der Waals surface area contributed by atoms with Crippen LogP contribution in [-0.2, 0) is 24.1 Å². The Morgan fingerprint density at radius 1 is 1.37 bits per heavy atom. The first-order chi connectivity index (χ1) is 8.35. The summed E-state index contributed by atoms with van der Waals surface area (Å²) in [7, 11) is 2.40. The van der Waals surface area contributed by atoms with Gasteiger partial charge in [-0.3, -0.25) is 8.67 Å². The molecule has 0 radical (unpaired) electrons. The third-order valence-corrected chi connectivity index (χ3v) is 2.42. The summed E-state index contributed by atoms with van der Waals surface area (Å²) in [6.07, 6.45) is 0.715. The van der Waals surface area contributed by atoms with Crippen molar-refractivity contribution in [2.75, 3.05) is 28.3 Å². The second-order valence-electron chi connectivity index (χ2n) is 4.74. The molecule has 0 N–H and O–H groups in total. The summed E-state index contributed by atoms with van der Waals surface area (Å²) in [4.78, 5) is 11.2. The van der Waals surface area contributed by atoms with Gasteiger partial charge >= 0.3 is 5.97 Å². The zero-order valence-electron chi connectivity index (χ0n) is 12.3. The van der Waals surface area contributed by atoms with Gasteiger partial charge in [-0.1, -0.05) is 13.5 Å². The van der Waals surface area contributed by atoms with Crippen LogP contribution in [0.4, 0.5) is 0 Å². The van der Waals surface area contributed by atoms with Crippen molar-refractivity contribution in [1.29, 1.82) is 0 Å². The summed E-state index contributed by atoms with van der Waals surface area (Å²) in [5.74, 6) is -0.306. The van der Waals surface area contributed by atoms with Crippen LogP contribution in [0.5, 0.6) is 0 Å². The smallest absolute Gasteiger partial charge is 0.337 e. The molecule has 0 aromatic carbocycles. The molecule has 7 nitrogen and oxygen atoms in total. The fourth-order valence-electron chi connectivity index (χ4n) is 1.01. The molecular formula is C11H23NO6S. The average Bonchev–Trinajstić information content (AvgIpc) is 2.23. The number of carbonyl (C=O) groups excluding carboxylic acids is 1. The van der Waals surface area contributed by atoms with Crippen LogP contribution >= 0.6 is 0 Å². The van der Waals surface area contributed by atoms with E-state index in [-0.39, 0.29) is 12.2 Å². The first kappa shape index (κ1) is 20.4. The maximum atomic E-state index is 11.2. The van der Waals surface area contributed by atoms with Crippen molar-refractivity contribution in [2.45, 2.75) is 26.5 Å². The molecule has 19 heavy (non-hydrogen) atoms. The van der Waals surface area contributed by atoms with Crippen LogP contribution in [0.1, 0.15) is 20.3 Å². The van der Waals surface area contributed by atoms with Gasteiger partial charge in [-0.05, 0) is 6.92 Å². The topological polar surface area (TPSA) is 92.7 Å². The molecule has 8 heteroatoms. The molecule has 0 rings (SSSR count). The second kappa shape index (κ2) is 8.26. The van der Waals surface area contributed by atoms with Crippen LogP contribution in [0.25, 0.3) is 0 Å². The van der Waals surface area contributed by atoms with Crippen LogP contribution in [0.3, 0.4) is 0 Å². The highest BCUT2D eigenvalue weighted by molar-refractivity contribution is 7.80. The summed E-state index contributed by atoms with van der Waals surface area (Å²) in [5, 5.41) is 0. The van der Waals surface area contributed by atoms with Gasteiger partial charge in [0.15, 0.2) is 0 Å². The van der Waals surface area contributed by atoms with Crippen molar-refractivity contribution in [3.8, 4) is 0 Å². The van der Waals surface area contributed by atoms with Crippen LogP contribution in [0, 0.1) is 0 Å². The quantitative estimate of drug-likeness (QED) is 0.185. The number of rotatable bonds is 5. The van der Waals surface area contributed by atoms with Crippen molar-refractivity contribution >= 4 is 16.4 Å². The number of esters is 1. The monoisotopic (exact) mass is 297 g/mol. The van der Waals surface area contributed by atoms with Crippen LogP contribution in [-0.4, -0.2) is 57.9 Å². The lowest BCUT2D eigenvalue weighted by Crippen LogP contribution is -2.47. The van der Waals surface area contributed by atoms with E-state index in [1.165, 1.54) is 0 Å². The zero-order chi connectivity index (χ0) is 15.9. The minimum Gasteiger partial charge on any atom is -0.726 e. The summed E-state index contributed by atoms with van der Waals surface area (Å²) in [6, 6.07) is 0. The van der Waals surface area contributed by atoms with E-state index >= 15 is 0 Å². The number of carbonyl (C=O) groups is 1. The van der Waals surface area contributed by atoms with Gasteiger partial charge in [0.1, 0.15) is 0 Å². The first-order valence-electron chi connectivity index (χ1n) is 5.54. The molecule has 0 saturated heterocycles. The molecule has 0 heterocycles. The third kappa shape index (κ3) is 11.8. The molecule has 0 aromatic rings. The summed E-state index contributed by atoms with van der Waals surface area (Å²) in [5.41, 5.74) is 0.451. The van der Waals surface area contributed by atoms with Crippen molar-refractivity contribution < 1.29 is 31.2 Å². The van der Waals surface area contributed by atoms with Crippen LogP contribution in [0.15, 0.2) is 12.2 Å². The molecule has 0 amide bonds. The largest absolute Gasteiger partial charge is 0.726 e. The van der Waals surface area contributed by atoms with Crippen molar-refractivity contribution in [3.63, 3.8) is 0 Å². The van der Waals surface area contributed by atoms with Crippen molar-refractivity contribution in [2.24, 2.45) is 0 Å². The molecule has 1 atom stereocenters. The van der Waals surface area contributed by atoms with Crippen LogP contribution < -0.4 is 0 Å². The predicted octanol–water partition coefficient (Wildman–Crippen LogP) is 0.641. The third-order valence-electron chi connectivity index (χ3n) is 2.01. The second-order valence-corrected chi connectivity index (χ2v) is 5.89. The van der Waals surface area contributed by atoms with E-state index in [2.05, 4.69) is 10.8 Å². The van der Waals surface area contributed by atoms with Crippen LogP contribution in [0.2, 0.25) is 0 Å². The van der Waals surface area contributed by atoms with Crippen molar-refractivity contribution in [3.05, 3.63) is 12.2 Å². The minimum atomic E-state index is -4.41. The molecule has 0 saturated carbocycles. The van der Waals surface area contributed by atoms with E-state index in [9.17, 15) is 17.8 Å². The number of ether oxygens (including phenoxy) is 1. The van der Waals surface area contributed by atoms with E-state index in [4.69, 9.17) is 4.74 Å². The minimum absolute atomic E-state index is 0.0933. The van der Waals surface area contributed by atoms with E-state index in [0.717, 1.165) is 13.5 Å². The van der Waals surface area contributed by atoms with Gasteiger partial charge in [0, 0.05) is 12.0 Å². The average molecular weight is 297 g/mol.